The summed E-state index contributed by atoms with van der Waals surface area (Å²) in [4.78, 5) is 12.2. The first-order chi connectivity index (χ1) is 10.2. The average Bonchev–Trinajstić information content (AvgIpc) is 2.96. The molecule has 0 fully saturated rings. The summed E-state index contributed by atoms with van der Waals surface area (Å²) in [6, 6.07) is 9.48. The lowest BCUT2D eigenvalue weighted by molar-refractivity contribution is 0.0943. The molecule has 21 heavy (non-hydrogen) atoms. The van der Waals surface area contributed by atoms with Crippen LogP contribution in [0.2, 0.25) is 0 Å². The molecule has 5 heteroatoms. The molecule has 1 amide bonds. The Bertz CT molecular complexity index is 620. The summed E-state index contributed by atoms with van der Waals surface area (Å²) in [6.07, 6.45) is 0.908. The van der Waals surface area contributed by atoms with E-state index in [0.717, 1.165) is 23.4 Å². The molecule has 0 bridgehead atoms. The Kier molecular flexibility index (Phi) is 4.98. The minimum atomic E-state index is -0.0904. The van der Waals surface area contributed by atoms with E-state index in [2.05, 4.69) is 10.4 Å². The fourth-order valence-corrected chi connectivity index (χ4v) is 2.16. The van der Waals surface area contributed by atoms with Crippen molar-refractivity contribution in [3.8, 4) is 17.0 Å². The maximum Gasteiger partial charge on any atom is 0.269 e. The van der Waals surface area contributed by atoms with Gasteiger partial charge in [-0.15, -0.1) is 0 Å². The molecule has 1 heterocycles. The molecule has 112 valence electrons. The number of ether oxygens (including phenoxy) is 1. The maximum absolute atomic E-state index is 12.2. The molecule has 0 spiro atoms. The Morgan fingerprint density at radius 1 is 1.33 bits per heavy atom. The highest BCUT2D eigenvalue weighted by Crippen LogP contribution is 2.29. The first kappa shape index (κ1) is 15.1. The zero-order valence-electron chi connectivity index (χ0n) is 12.7. The topological polar surface area (TPSA) is 56.1 Å². The number of aryl methyl sites for hydroxylation is 1. The van der Waals surface area contributed by atoms with Gasteiger partial charge in [0, 0.05) is 18.7 Å². The summed E-state index contributed by atoms with van der Waals surface area (Å²) < 4.78 is 7.07. The van der Waals surface area contributed by atoms with Gasteiger partial charge in [-0.05, 0) is 31.5 Å². The quantitative estimate of drug-likeness (QED) is 0.888. The summed E-state index contributed by atoms with van der Waals surface area (Å²) in [7, 11) is 1.63. The number of nitrogens with zero attached hydrogens (tertiary/aromatic N) is 2. The van der Waals surface area contributed by atoms with Crippen LogP contribution in [0, 0.1) is 0 Å². The molecule has 0 atom stereocenters. The van der Waals surface area contributed by atoms with E-state index in [0.29, 0.717) is 18.8 Å². The van der Waals surface area contributed by atoms with E-state index in [1.165, 1.54) is 0 Å². The lowest BCUT2D eigenvalue weighted by atomic mass is 10.1. The molecule has 0 radical (unpaired) electrons. The molecular weight excluding hydrogens is 266 g/mol. The number of aromatic nitrogens is 2. The molecule has 0 aliphatic rings. The fraction of sp³-hybridized carbons (Fsp3) is 0.375. The van der Waals surface area contributed by atoms with E-state index in [9.17, 15) is 4.79 Å². The maximum atomic E-state index is 12.2. The van der Waals surface area contributed by atoms with Crippen LogP contribution in [0.4, 0.5) is 0 Å². The number of hydrogen-bond acceptors (Lipinski definition) is 3. The minimum Gasteiger partial charge on any atom is -0.496 e. The van der Waals surface area contributed by atoms with E-state index in [4.69, 9.17) is 4.74 Å². The van der Waals surface area contributed by atoms with Gasteiger partial charge in [0.2, 0.25) is 0 Å². The number of para-hydroxylation sites is 1. The Labute approximate surface area is 124 Å². The number of hydrogen-bond donors (Lipinski definition) is 1. The van der Waals surface area contributed by atoms with Gasteiger partial charge in [-0.2, -0.15) is 5.10 Å². The van der Waals surface area contributed by atoms with Crippen molar-refractivity contribution in [1.29, 1.82) is 0 Å². The summed E-state index contributed by atoms with van der Waals surface area (Å²) in [5, 5.41) is 7.40. The Hall–Kier alpha value is -2.30. The van der Waals surface area contributed by atoms with E-state index in [1.807, 2.05) is 44.2 Å². The second kappa shape index (κ2) is 6.92. The van der Waals surface area contributed by atoms with Crippen molar-refractivity contribution in [1.82, 2.24) is 15.1 Å². The summed E-state index contributed by atoms with van der Waals surface area (Å²) in [6.45, 7) is 5.30. The third-order valence-electron chi connectivity index (χ3n) is 3.23. The average molecular weight is 287 g/mol. The second-order valence-corrected chi connectivity index (χ2v) is 4.69. The van der Waals surface area contributed by atoms with Crippen LogP contribution in [0.1, 0.15) is 30.8 Å². The summed E-state index contributed by atoms with van der Waals surface area (Å²) in [5.74, 6) is 0.658. The molecule has 0 unspecified atom stereocenters. The number of carbonyl (C=O) groups excluding carboxylic acids is 1. The van der Waals surface area contributed by atoms with Gasteiger partial charge in [-0.1, -0.05) is 19.1 Å². The Balaban J connectivity index is 2.38. The SMILES string of the molecule is CCCNC(=O)c1cc(-c2ccccc2OC)nn1CC. The number of methoxy groups -OCH3 is 1. The Morgan fingerprint density at radius 3 is 2.76 bits per heavy atom. The molecule has 0 saturated heterocycles. The highest BCUT2D eigenvalue weighted by Gasteiger charge is 2.16. The molecule has 0 aliphatic heterocycles. The van der Waals surface area contributed by atoms with Crippen LogP contribution in [0.25, 0.3) is 11.3 Å². The van der Waals surface area contributed by atoms with Crippen LogP contribution in [0.3, 0.4) is 0 Å². The first-order valence-electron chi connectivity index (χ1n) is 7.20. The second-order valence-electron chi connectivity index (χ2n) is 4.69. The zero-order chi connectivity index (χ0) is 15.2. The molecule has 1 aromatic heterocycles. The van der Waals surface area contributed by atoms with E-state index in [1.54, 1.807) is 11.8 Å². The van der Waals surface area contributed by atoms with Gasteiger partial charge < -0.3 is 10.1 Å². The van der Waals surface area contributed by atoms with Crippen LogP contribution in [-0.2, 0) is 6.54 Å². The van der Waals surface area contributed by atoms with E-state index < -0.39 is 0 Å². The van der Waals surface area contributed by atoms with Crippen molar-refractivity contribution in [3.05, 3.63) is 36.0 Å². The van der Waals surface area contributed by atoms with E-state index >= 15 is 0 Å². The molecule has 0 aliphatic carbocycles. The molecule has 2 aromatic rings. The highest BCUT2D eigenvalue weighted by molar-refractivity contribution is 5.93. The molecule has 2 rings (SSSR count). The molecule has 5 nitrogen and oxygen atoms in total. The number of amides is 1. The Morgan fingerprint density at radius 2 is 2.10 bits per heavy atom. The lowest BCUT2D eigenvalue weighted by Gasteiger charge is -2.05. The summed E-state index contributed by atoms with van der Waals surface area (Å²) >= 11 is 0. The van der Waals surface area contributed by atoms with E-state index in [-0.39, 0.29) is 5.91 Å². The molecular formula is C16H21N3O2. The fourth-order valence-electron chi connectivity index (χ4n) is 2.16. The van der Waals surface area contributed by atoms with Crippen LogP contribution < -0.4 is 10.1 Å². The van der Waals surface area contributed by atoms with Crippen molar-refractivity contribution >= 4 is 5.91 Å². The van der Waals surface area contributed by atoms with Crippen molar-refractivity contribution < 1.29 is 9.53 Å². The number of nitrogens with one attached hydrogen (secondary N) is 1. The third kappa shape index (κ3) is 3.24. The van der Waals surface area contributed by atoms with Gasteiger partial charge in [0.25, 0.3) is 5.91 Å². The predicted molar refractivity (Wildman–Crippen MR) is 82.5 cm³/mol. The zero-order valence-corrected chi connectivity index (χ0v) is 12.7. The van der Waals surface area contributed by atoms with Crippen molar-refractivity contribution in [2.24, 2.45) is 0 Å². The van der Waals surface area contributed by atoms with Gasteiger partial charge in [-0.3, -0.25) is 9.48 Å². The minimum absolute atomic E-state index is 0.0904. The normalized spacial score (nSPS) is 10.4. The van der Waals surface area contributed by atoms with Gasteiger partial charge in [-0.25, -0.2) is 0 Å². The summed E-state index contributed by atoms with van der Waals surface area (Å²) in [5.41, 5.74) is 2.21. The van der Waals surface area contributed by atoms with Gasteiger partial charge in [0.1, 0.15) is 11.4 Å². The van der Waals surface area contributed by atoms with Crippen LogP contribution in [0.15, 0.2) is 30.3 Å². The van der Waals surface area contributed by atoms with Crippen molar-refractivity contribution in [2.45, 2.75) is 26.8 Å². The molecule has 0 saturated carbocycles. The van der Waals surface area contributed by atoms with Gasteiger partial charge in [0.15, 0.2) is 0 Å². The predicted octanol–water partition coefficient (Wildman–Crippen LogP) is 2.72. The monoisotopic (exact) mass is 287 g/mol. The lowest BCUT2D eigenvalue weighted by Crippen LogP contribution is -2.26. The number of carbonyl (C=O) groups is 1. The van der Waals surface area contributed by atoms with Crippen LogP contribution in [-0.4, -0.2) is 29.3 Å². The largest absolute Gasteiger partial charge is 0.496 e. The van der Waals surface area contributed by atoms with Crippen molar-refractivity contribution in [3.63, 3.8) is 0 Å². The third-order valence-corrected chi connectivity index (χ3v) is 3.23. The number of benzene rings is 1. The standard InChI is InChI=1S/C16H21N3O2/c1-4-10-17-16(20)14-11-13(18-19(14)5-2)12-8-6-7-9-15(12)21-3/h6-9,11H,4-5,10H2,1-3H3,(H,17,20). The highest BCUT2D eigenvalue weighted by atomic mass is 16.5. The molecule has 1 N–H and O–H groups in total. The van der Waals surface area contributed by atoms with Gasteiger partial charge in [0.05, 0.1) is 12.8 Å². The van der Waals surface area contributed by atoms with Gasteiger partial charge >= 0.3 is 0 Å². The van der Waals surface area contributed by atoms with Crippen LogP contribution in [0.5, 0.6) is 5.75 Å². The molecule has 1 aromatic carbocycles. The van der Waals surface area contributed by atoms with Crippen molar-refractivity contribution in [2.75, 3.05) is 13.7 Å². The first-order valence-corrected chi connectivity index (χ1v) is 7.20. The van der Waals surface area contributed by atoms with Crippen LogP contribution >= 0.6 is 0 Å². The smallest absolute Gasteiger partial charge is 0.269 e. The number of rotatable bonds is 6.